The van der Waals surface area contributed by atoms with E-state index in [0.29, 0.717) is 23.4 Å². The van der Waals surface area contributed by atoms with Crippen LogP contribution in [0, 0.1) is 11.8 Å². The van der Waals surface area contributed by atoms with Crippen molar-refractivity contribution in [2.24, 2.45) is 11.8 Å². The predicted octanol–water partition coefficient (Wildman–Crippen LogP) is 12.4. The van der Waals surface area contributed by atoms with Gasteiger partial charge in [-0.05, 0) is 161 Å². The third kappa shape index (κ3) is 3.34. The molecule has 0 unspecified atom stereocenters. The fourth-order valence-corrected chi connectivity index (χ4v) is 13.1. The average Bonchev–Trinajstić information content (AvgIpc) is 3.70. The SMILES string of the molecule is CC1(C)c2ccccc2-c2cc3c(cc21)-c1cc2c4cc5c(cc4n4c6cc7c(cc6c(c1C3(C)C)c24)C1CCC(CC1)C7=O)C(=O)C1CCC5CC1. The van der Waals surface area contributed by atoms with Gasteiger partial charge in [-0.3, -0.25) is 9.59 Å². The van der Waals surface area contributed by atoms with E-state index in [4.69, 9.17) is 0 Å². The molecule has 0 N–H and O–H groups in total. The van der Waals surface area contributed by atoms with Crippen molar-refractivity contribution in [2.45, 2.75) is 102 Å². The summed E-state index contributed by atoms with van der Waals surface area (Å²) in [5, 5.41) is 5.17. The summed E-state index contributed by atoms with van der Waals surface area (Å²) in [4.78, 5) is 28.3. The molecule has 3 nitrogen and oxygen atoms in total. The van der Waals surface area contributed by atoms with Crippen LogP contribution in [-0.4, -0.2) is 16.0 Å². The molecule has 15 rings (SSSR count). The molecule has 2 heterocycles. The third-order valence-electron chi connectivity index (χ3n) is 15.8. The zero-order valence-corrected chi connectivity index (χ0v) is 31.1. The van der Waals surface area contributed by atoms with Gasteiger partial charge in [0, 0.05) is 55.3 Å². The van der Waals surface area contributed by atoms with E-state index in [1.807, 2.05) is 0 Å². The number of fused-ring (bicyclic) bond motifs is 17. The lowest BCUT2D eigenvalue weighted by atomic mass is 9.78. The van der Waals surface area contributed by atoms with Crippen LogP contribution in [-0.2, 0) is 10.8 Å². The fraction of sp³-hybridized carbons (Fsp3) is 0.360. The molecule has 5 aromatic carbocycles. The monoisotopic (exact) mass is 689 g/mol. The Labute approximate surface area is 309 Å². The fourth-order valence-electron chi connectivity index (χ4n) is 13.1. The van der Waals surface area contributed by atoms with Crippen LogP contribution in [0.4, 0.5) is 0 Å². The average molecular weight is 690 g/mol. The van der Waals surface area contributed by atoms with E-state index in [2.05, 4.69) is 98.8 Å². The van der Waals surface area contributed by atoms with E-state index >= 15 is 0 Å². The molecular weight excluding hydrogens is 647 g/mol. The Balaban J connectivity index is 1.19. The van der Waals surface area contributed by atoms with Gasteiger partial charge < -0.3 is 4.40 Å². The Morgan fingerprint density at radius 1 is 0.491 bits per heavy atom. The van der Waals surface area contributed by atoms with Crippen LogP contribution in [0.15, 0.2) is 66.7 Å². The standard InChI is InChI=1S/C50H43NO2/c1-49(2)39-8-6-5-7-28(39)31-20-41-32(21-40(31)49)34-19-35-33-17-29-24-9-13-26(14-10-24)47(52)36(29)22-42(33)51-43-23-37-30(25-11-15-27(16-12-25)48(37)53)18-38(43)44(46(35)51)45(34)50(41,3)4/h5-8,17-27H,9-16H2,1-4H3. The number of carbonyl (C=O) groups excluding carboxylic acids is 2. The summed E-state index contributed by atoms with van der Waals surface area (Å²) < 4.78 is 2.48. The molecule has 2 saturated carbocycles. The van der Waals surface area contributed by atoms with Gasteiger partial charge in [-0.15, -0.1) is 0 Å². The van der Waals surface area contributed by atoms with Crippen LogP contribution in [0.3, 0.4) is 0 Å². The van der Waals surface area contributed by atoms with Crippen molar-refractivity contribution in [2.75, 3.05) is 0 Å². The summed E-state index contributed by atoms with van der Waals surface area (Å²) in [5.74, 6) is 1.90. The van der Waals surface area contributed by atoms with Crippen LogP contribution in [0.2, 0.25) is 0 Å². The minimum Gasteiger partial charge on any atom is -0.308 e. The van der Waals surface area contributed by atoms with Gasteiger partial charge in [0.05, 0.1) is 16.6 Å². The van der Waals surface area contributed by atoms with Gasteiger partial charge >= 0.3 is 0 Å². The van der Waals surface area contributed by atoms with Crippen molar-refractivity contribution in [1.82, 2.24) is 4.40 Å². The van der Waals surface area contributed by atoms with Gasteiger partial charge in [-0.1, -0.05) is 52.0 Å². The van der Waals surface area contributed by atoms with Crippen molar-refractivity contribution in [3.63, 3.8) is 0 Å². The lowest BCUT2D eigenvalue weighted by Crippen LogP contribution is -2.17. The molecule has 260 valence electrons. The number of aromatic nitrogens is 1. The molecule has 0 atom stereocenters. The predicted molar refractivity (Wildman–Crippen MR) is 214 cm³/mol. The second-order valence-electron chi connectivity index (χ2n) is 18.9. The van der Waals surface area contributed by atoms with Crippen molar-refractivity contribution < 1.29 is 9.59 Å². The zero-order chi connectivity index (χ0) is 35.4. The lowest BCUT2D eigenvalue weighted by molar-refractivity contribution is 0.0891. The van der Waals surface area contributed by atoms with Gasteiger partial charge in [-0.2, -0.15) is 0 Å². The number of Topliss-reactive ketones (excluding diaryl/α,β-unsaturated/α-hetero) is 2. The molecular formula is C50H43NO2. The highest BCUT2D eigenvalue weighted by Gasteiger charge is 2.45. The van der Waals surface area contributed by atoms with Crippen molar-refractivity contribution in [3.05, 3.63) is 111 Å². The maximum Gasteiger partial charge on any atom is 0.166 e. The Morgan fingerprint density at radius 3 is 1.66 bits per heavy atom. The minimum absolute atomic E-state index is 0.0795. The summed E-state index contributed by atoms with van der Waals surface area (Å²) in [6, 6.07) is 26.1. The summed E-state index contributed by atoms with van der Waals surface area (Å²) in [6.45, 7) is 9.66. The van der Waals surface area contributed by atoms with Gasteiger partial charge in [0.1, 0.15) is 0 Å². The minimum atomic E-state index is -0.235. The van der Waals surface area contributed by atoms with Crippen LogP contribution in [0.25, 0.3) is 60.3 Å². The summed E-state index contributed by atoms with van der Waals surface area (Å²) in [6.07, 6.45) is 8.47. The molecule has 0 saturated heterocycles. The molecule has 0 spiro atoms. The lowest BCUT2D eigenvalue weighted by Gasteiger charge is -2.25. The van der Waals surface area contributed by atoms with E-state index in [-0.39, 0.29) is 22.7 Å². The molecule has 0 amide bonds. The Bertz CT molecular complexity index is 2900. The molecule has 0 aliphatic heterocycles. The topological polar surface area (TPSA) is 38.5 Å². The van der Waals surface area contributed by atoms with Crippen LogP contribution < -0.4 is 0 Å². The zero-order valence-electron chi connectivity index (χ0n) is 31.1. The first-order chi connectivity index (χ1) is 25.6. The van der Waals surface area contributed by atoms with Crippen LogP contribution in [0.1, 0.15) is 145 Å². The van der Waals surface area contributed by atoms with Gasteiger partial charge in [0.2, 0.25) is 0 Å². The number of ketones is 2. The Hall–Kier alpha value is -4.76. The second-order valence-corrected chi connectivity index (χ2v) is 18.9. The second kappa shape index (κ2) is 9.30. The highest BCUT2D eigenvalue weighted by atomic mass is 16.1. The first kappa shape index (κ1) is 29.7. The molecule has 53 heavy (non-hydrogen) atoms. The van der Waals surface area contributed by atoms with E-state index in [1.54, 1.807) is 0 Å². The van der Waals surface area contributed by atoms with E-state index in [0.717, 1.165) is 73.5 Å². The molecule has 2 fully saturated rings. The van der Waals surface area contributed by atoms with Crippen LogP contribution in [0.5, 0.6) is 0 Å². The summed E-state index contributed by atoms with van der Waals surface area (Å²) in [7, 11) is 0. The van der Waals surface area contributed by atoms with Gasteiger partial charge in [0.15, 0.2) is 11.6 Å². The summed E-state index contributed by atoms with van der Waals surface area (Å²) >= 11 is 0. The first-order valence-electron chi connectivity index (χ1n) is 20.4. The number of rotatable bonds is 0. The van der Waals surface area contributed by atoms with E-state index < -0.39 is 0 Å². The Kier molecular flexibility index (Phi) is 5.20. The van der Waals surface area contributed by atoms with Crippen molar-refractivity contribution in [1.29, 1.82) is 0 Å². The highest BCUT2D eigenvalue weighted by Crippen LogP contribution is 2.60. The smallest absolute Gasteiger partial charge is 0.166 e. The molecule has 0 radical (unpaired) electrons. The largest absolute Gasteiger partial charge is 0.308 e. The van der Waals surface area contributed by atoms with Crippen molar-refractivity contribution in [3.8, 4) is 22.3 Å². The number of carbonyl (C=O) groups is 2. The highest BCUT2D eigenvalue weighted by molar-refractivity contribution is 6.28. The molecule has 7 aromatic rings. The van der Waals surface area contributed by atoms with Crippen molar-refractivity contribution >= 4 is 49.7 Å². The maximum absolute atomic E-state index is 14.2. The molecule has 3 heteroatoms. The number of hydrogen-bond donors (Lipinski definition) is 0. The molecule has 2 aromatic heterocycles. The molecule has 8 aliphatic rings. The molecule has 8 aliphatic carbocycles. The summed E-state index contributed by atoms with van der Waals surface area (Å²) in [5.41, 5.74) is 18.8. The Morgan fingerprint density at radius 2 is 1.02 bits per heavy atom. The number of benzene rings is 5. The van der Waals surface area contributed by atoms with Crippen LogP contribution >= 0.6 is 0 Å². The normalized spacial score (nSPS) is 25.5. The maximum atomic E-state index is 14.2. The number of nitrogens with zero attached hydrogens (tertiary/aromatic N) is 1. The van der Waals surface area contributed by atoms with E-state index in [1.165, 1.54) is 82.7 Å². The third-order valence-corrected chi connectivity index (χ3v) is 15.8. The quantitative estimate of drug-likeness (QED) is 0.159. The first-order valence-corrected chi connectivity index (χ1v) is 20.4. The number of hydrogen-bond acceptors (Lipinski definition) is 2. The van der Waals surface area contributed by atoms with E-state index in [9.17, 15) is 9.59 Å². The molecule has 4 bridgehead atoms. The van der Waals surface area contributed by atoms with Gasteiger partial charge in [-0.25, -0.2) is 0 Å². The van der Waals surface area contributed by atoms with Gasteiger partial charge in [0.25, 0.3) is 0 Å².